The van der Waals surface area contributed by atoms with Crippen LogP contribution in [0.2, 0.25) is 0 Å². The van der Waals surface area contributed by atoms with Gasteiger partial charge in [0.25, 0.3) is 0 Å². The maximum absolute atomic E-state index is 11.5. The topological polar surface area (TPSA) is 50.4 Å². The van der Waals surface area contributed by atoms with Crippen molar-refractivity contribution in [1.82, 2.24) is 10.6 Å². The summed E-state index contributed by atoms with van der Waals surface area (Å²) in [5.74, 6) is 0.901. The van der Waals surface area contributed by atoms with Crippen LogP contribution in [0.3, 0.4) is 0 Å². The predicted octanol–water partition coefficient (Wildman–Crippen LogP) is 3.23. The van der Waals surface area contributed by atoms with Gasteiger partial charge < -0.3 is 15.4 Å². The van der Waals surface area contributed by atoms with Crippen LogP contribution in [0.25, 0.3) is 0 Å². The number of amides is 1. The number of halogens is 2. The highest BCUT2D eigenvalue weighted by Gasteiger charge is 2.09. The molecule has 112 valence electrons. The number of ether oxygens (including phenoxy) is 1. The van der Waals surface area contributed by atoms with E-state index in [4.69, 9.17) is 4.74 Å². The van der Waals surface area contributed by atoms with Gasteiger partial charge in [-0.2, -0.15) is 0 Å². The largest absolute Gasteiger partial charge is 0.495 e. The van der Waals surface area contributed by atoms with Crippen molar-refractivity contribution < 1.29 is 9.53 Å². The highest BCUT2D eigenvalue weighted by molar-refractivity contribution is 9.11. The number of hydrogen-bond acceptors (Lipinski definition) is 3. The van der Waals surface area contributed by atoms with Crippen molar-refractivity contribution in [3.8, 4) is 5.75 Å². The Hall–Kier alpha value is -0.590. The Morgan fingerprint density at radius 2 is 2.05 bits per heavy atom. The first-order chi connectivity index (χ1) is 9.58. The standard InChI is InChI=1S/C14H20Br2N2O2/c1-3-5-18-13(19)4-6-17-9-10-7-11(15)8-12(16)14(10)20-2/h7-8,17H,3-6,9H2,1-2H3,(H,18,19). The SMILES string of the molecule is CCCNC(=O)CCNCc1cc(Br)cc(Br)c1OC. The molecule has 0 aliphatic heterocycles. The van der Waals surface area contributed by atoms with Crippen LogP contribution in [0.4, 0.5) is 0 Å². The van der Waals surface area contributed by atoms with E-state index < -0.39 is 0 Å². The number of benzene rings is 1. The fraction of sp³-hybridized carbons (Fsp3) is 0.500. The van der Waals surface area contributed by atoms with E-state index in [1.165, 1.54) is 0 Å². The Balaban J connectivity index is 2.44. The molecule has 0 aromatic heterocycles. The Labute approximate surface area is 136 Å². The van der Waals surface area contributed by atoms with Gasteiger partial charge in [-0.05, 0) is 34.5 Å². The molecule has 1 aromatic rings. The van der Waals surface area contributed by atoms with Gasteiger partial charge in [0, 0.05) is 36.1 Å². The van der Waals surface area contributed by atoms with Gasteiger partial charge in [0.15, 0.2) is 0 Å². The summed E-state index contributed by atoms with van der Waals surface area (Å²) in [5, 5.41) is 6.11. The van der Waals surface area contributed by atoms with Crippen LogP contribution in [-0.2, 0) is 11.3 Å². The second-order valence-electron chi connectivity index (χ2n) is 4.36. The normalized spacial score (nSPS) is 10.4. The van der Waals surface area contributed by atoms with Gasteiger partial charge in [0.05, 0.1) is 11.6 Å². The van der Waals surface area contributed by atoms with Crippen LogP contribution < -0.4 is 15.4 Å². The molecule has 1 amide bonds. The molecule has 20 heavy (non-hydrogen) atoms. The Morgan fingerprint density at radius 1 is 1.30 bits per heavy atom. The maximum Gasteiger partial charge on any atom is 0.221 e. The monoisotopic (exact) mass is 406 g/mol. The third-order valence-corrected chi connectivity index (χ3v) is 3.75. The minimum absolute atomic E-state index is 0.0849. The van der Waals surface area contributed by atoms with E-state index in [0.717, 1.165) is 33.2 Å². The molecular formula is C14H20Br2N2O2. The lowest BCUT2D eigenvalue weighted by molar-refractivity contribution is -0.120. The fourth-order valence-corrected chi connectivity index (χ4v) is 3.23. The molecule has 0 aliphatic rings. The molecule has 0 heterocycles. The second kappa shape index (κ2) is 9.37. The summed E-state index contributed by atoms with van der Waals surface area (Å²) >= 11 is 6.93. The average Bonchev–Trinajstić information content (AvgIpc) is 2.40. The molecule has 0 atom stereocenters. The third-order valence-electron chi connectivity index (χ3n) is 2.71. The summed E-state index contributed by atoms with van der Waals surface area (Å²) in [6.45, 7) is 4.08. The lowest BCUT2D eigenvalue weighted by Crippen LogP contribution is -2.28. The molecule has 0 spiro atoms. The lowest BCUT2D eigenvalue weighted by atomic mass is 10.2. The highest BCUT2D eigenvalue weighted by atomic mass is 79.9. The van der Waals surface area contributed by atoms with Crippen LogP contribution in [0.1, 0.15) is 25.3 Å². The molecule has 0 fully saturated rings. The Kier molecular flexibility index (Phi) is 8.18. The predicted molar refractivity (Wildman–Crippen MR) is 88.0 cm³/mol. The molecule has 0 unspecified atom stereocenters. The summed E-state index contributed by atoms with van der Waals surface area (Å²) in [5.41, 5.74) is 1.04. The summed E-state index contributed by atoms with van der Waals surface area (Å²) in [7, 11) is 1.65. The molecule has 0 saturated heterocycles. The molecule has 1 rings (SSSR count). The number of carbonyl (C=O) groups excluding carboxylic acids is 1. The minimum atomic E-state index is 0.0849. The number of nitrogens with one attached hydrogen (secondary N) is 2. The fourth-order valence-electron chi connectivity index (χ4n) is 1.75. The molecule has 0 aliphatic carbocycles. The van der Waals surface area contributed by atoms with Gasteiger partial charge in [-0.3, -0.25) is 4.79 Å². The molecule has 6 heteroatoms. The number of methoxy groups -OCH3 is 1. The summed E-state index contributed by atoms with van der Waals surface area (Å²) in [6, 6.07) is 3.95. The van der Waals surface area contributed by atoms with Crippen LogP contribution in [0.5, 0.6) is 5.75 Å². The van der Waals surface area contributed by atoms with Gasteiger partial charge in [0.2, 0.25) is 5.91 Å². The van der Waals surface area contributed by atoms with E-state index in [1.807, 2.05) is 19.1 Å². The van der Waals surface area contributed by atoms with Crippen molar-refractivity contribution in [2.45, 2.75) is 26.3 Å². The Bertz CT molecular complexity index is 453. The first-order valence-corrected chi connectivity index (χ1v) is 8.16. The van der Waals surface area contributed by atoms with Crippen molar-refractivity contribution in [1.29, 1.82) is 0 Å². The number of carbonyl (C=O) groups is 1. The smallest absolute Gasteiger partial charge is 0.221 e. The average molecular weight is 408 g/mol. The third kappa shape index (κ3) is 5.81. The quantitative estimate of drug-likeness (QED) is 0.650. The van der Waals surface area contributed by atoms with E-state index in [-0.39, 0.29) is 5.91 Å². The van der Waals surface area contributed by atoms with Crippen LogP contribution in [-0.4, -0.2) is 26.1 Å². The van der Waals surface area contributed by atoms with Gasteiger partial charge >= 0.3 is 0 Å². The molecule has 0 bridgehead atoms. The van der Waals surface area contributed by atoms with Crippen molar-refractivity contribution in [3.05, 3.63) is 26.6 Å². The van der Waals surface area contributed by atoms with Crippen molar-refractivity contribution in [2.75, 3.05) is 20.2 Å². The summed E-state index contributed by atoms with van der Waals surface area (Å²) < 4.78 is 7.27. The maximum atomic E-state index is 11.5. The van der Waals surface area contributed by atoms with Crippen molar-refractivity contribution in [2.24, 2.45) is 0 Å². The molecule has 0 radical (unpaired) electrons. The first kappa shape index (κ1) is 17.5. The molecule has 0 saturated carbocycles. The first-order valence-electron chi connectivity index (χ1n) is 6.57. The zero-order valence-electron chi connectivity index (χ0n) is 11.8. The van der Waals surface area contributed by atoms with Crippen molar-refractivity contribution in [3.63, 3.8) is 0 Å². The van der Waals surface area contributed by atoms with Gasteiger partial charge in [-0.15, -0.1) is 0 Å². The number of hydrogen-bond donors (Lipinski definition) is 2. The van der Waals surface area contributed by atoms with E-state index in [2.05, 4.69) is 42.5 Å². The van der Waals surface area contributed by atoms with Crippen LogP contribution in [0, 0.1) is 0 Å². The highest BCUT2D eigenvalue weighted by Crippen LogP contribution is 2.32. The molecular weight excluding hydrogens is 388 g/mol. The van der Waals surface area contributed by atoms with Gasteiger partial charge in [-0.25, -0.2) is 0 Å². The van der Waals surface area contributed by atoms with E-state index in [9.17, 15) is 4.79 Å². The molecule has 2 N–H and O–H groups in total. The van der Waals surface area contributed by atoms with E-state index in [0.29, 0.717) is 19.5 Å². The van der Waals surface area contributed by atoms with Gasteiger partial charge in [-0.1, -0.05) is 22.9 Å². The zero-order chi connectivity index (χ0) is 15.0. The zero-order valence-corrected chi connectivity index (χ0v) is 14.9. The molecule has 1 aromatic carbocycles. The summed E-state index contributed by atoms with van der Waals surface area (Å²) in [4.78, 5) is 11.5. The Morgan fingerprint density at radius 3 is 2.70 bits per heavy atom. The molecule has 4 nitrogen and oxygen atoms in total. The minimum Gasteiger partial charge on any atom is -0.495 e. The van der Waals surface area contributed by atoms with Crippen LogP contribution >= 0.6 is 31.9 Å². The summed E-state index contributed by atoms with van der Waals surface area (Å²) in [6.07, 6.45) is 1.44. The number of rotatable bonds is 8. The van der Waals surface area contributed by atoms with E-state index >= 15 is 0 Å². The lowest BCUT2D eigenvalue weighted by Gasteiger charge is -2.12. The second-order valence-corrected chi connectivity index (χ2v) is 6.13. The van der Waals surface area contributed by atoms with E-state index in [1.54, 1.807) is 7.11 Å². The van der Waals surface area contributed by atoms with Crippen molar-refractivity contribution >= 4 is 37.8 Å². The van der Waals surface area contributed by atoms with Gasteiger partial charge in [0.1, 0.15) is 5.75 Å². The van der Waals surface area contributed by atoms with Crippen LogP contribution in [0.15, 0.2) is 21.1 Å².